The van der Waals surface area contributed by atoms with Gasteiger partial charge < -0.3 is 16.2 Å². The van der Waals surface area contributed by atoms with Crippen LogP contribution in [0, 0.1) is 0 Å². The predicted molar refractivity (Wildman–Crippen MR) is 70.2 cm³/mol. The van der Waals surface area contributed by atoms with Crippen LogP contribution in [-0.4, -0.2) is 38.5 Å². The average molecular weight is 275 g/mol. The predicted octanol–water partition coefficient (Wildman–Crippen LogP) is -0.0115. The maximum Gasteiger partial charge on any atom is 0.358 e. The molecule has 0 radical (unpaired) electrons. The molecule has 0 bridgehead atoms. The van der Waals surface area contributed by atoms with Crippen LogP contribution in [0.25, 0.3) is 0 Å². The van der Waals surface area contributed by atoms with E-state index >= 15 is 0 Å². The van der Waals surface area contributed by atoms with Crippen molar-refractivity contribution in [3.63, 3.8) is 0 Å². The van der Waals surface area contributed by atoms with Gasteiger partial charge in [0.15, 0.2) is 5.69 Å². The molecule has 1 amide bonds. The van der Waals surface area contributed by atoms with Gasteiger partial charge in [-0.15, -0.1) is 5.10 Å². The Balaban J connectivity index is 1.84. The lowest BCUT2D eigenvalue weighted by Gasteiger charge is -2.05. The summed E-state index contributed by atoms with van der Waals surface area (Å²) in [5.41, 5.74) is 6.49. The van der Waals surface area contributed by atoms with Crippen LogP contribution in [0.5, 0.6) is 0 Å². The molecule has 1 aromatic carbocycles. The number of aromatic nitrogens is 3. The second-order valence-corrected chi connectivity index (χ2v) is 4.05. The summed E-state index contributed by atoms with van der Waals surface area (Å²) in [5, 5.41) is 18.5. The van der Waals surface area contributed by atoms with E-state index in [1.807, 2.05) is 0 Å². The molecule has 104 valence electrons. The summed E-state index contributed by atoms with van der Waals surface area (Å²) >= 11 is 0. The van der Waals surface area contributed by atoms with Crippen molar-refractivity contribution < 1.29 is 14.7 Å². The third-order valence-corrected chi connectivity index (χ3v) is 2.56. The van der Waals surface area contributed by atoms with Crippen LogP contribution in [-0.2, 0) is 6.54 Å². The minimum atomic E-state index is -1.14. The van der Waals surface area contributed by atoms with Gasteiger partial charge in [0.1, 0.15) is 0 Å². The zero-order chi connectivity index (χ0) is 14.5. The molecule has 8 heteroatoms. The topological polar surface area (TPSA) is 123 Å². The first-order chi connectivity index (χ1) is 9.56. The Kier molecular flexibility index (Phi) is 3.94. The number of anilines is 1. The molecule has 0 spiro atoms. The zero-order valence-electron chi connectivity index (χ0n) is 10.5. The Morgan fingerprint density at radius 3 is 2.60 bits per heavy atom. The van der Waals surface area contributed by atoms with Gasteiger partial charge >= 0.3 is 5.97 Å². The van der Waals surface area contributed by atoms with Gasteiger partial charge in [-0.2, -0.15) is 0 Å². The average Bonchev–Trinajstić information content (AvgIpc) is 2.88. The Morgan fingerprint density at radius 2 is 2.00 bits per heavy atom. The maximum absolute atomic E-state index is 11.8. The number of carbonyl (C=O) groups is 2. The molecule has 0 saturated carbocycles. The van der Waals surface area contributed by atoms with E-state index in [-0.39, 0.29) is 11.6 Å². The second kappa shape index (κ2) is 5.83. The minimum absolute atomic E-state index is 0.130. The third kappa shape index (κ3) is 3.31. The highest BCUT2D eigenvalue weighted by atomic mass is 16.4. The first-order valence-corrected chi connectivity index (χ1v) is 5.83. The van der Waals surface area contributed by atoms with Crippen molar-refractivity contribution in [1.82, 2.24) is 20.3 Å². The summed E-state index contributed by atoms with van der Waals surface area (Å²) in [4.78, 5) is 22.4. The molecule has 2 aromatic rings. The minimum Gasteiger partial charge on any atom is -0.476 e. The van der Waals surface area contributed by atoms with Gasteiger partial charge in [0.25, 0.3) is 5.91 Å². The highest BCUT2D eigenvalue weighted by Crippen LogP contribution is 2.04. The molecule has 0 saturated heterocycles. The Morgan fingerprint density at radius 1 is 1.30 bits per heavy atom. The Hall–Kier alpha value is -2.90. The van der Waals surface area contributed by atoms with Crippen molar-refractivity contribution in [3.05, 3.63) is 41.7 Å². The number of carboxylic acids is 1. The molecule has 0 aliphatic carbocycles. The summed E-state index contributed by atoms with van der Waals surface area (Å²) in [5.74, 6) is -1.37. The van der Waals surface area contributed by atoms with Crippen molar-refractivity contribution in [2.75, 3.05) is 12.3 Å². The molecule has 20 heavy (non-hydrogen) atoms. The SMILES string of the molecule is Nc1ccc(C(=O)NCCn2cc(C(=O)O)nn2)cc1. The number of hydrogen-bond donors (Lipinski definition) is 3. The summed E-state index contributed by atoms with van der Waals surface area (Å²) in [6, 6.07) is 6.54. The molecule has 0 aliphatic rings. The third-order valence-electron chi connectivity index (χ3n) is 2.56. The van der Waals surface area contributed by atoms with Crippen LogP contribution < -0.4 is 11.1 Å². The van der Waals surface area contributed by atoms with Gasteiger partial charge in [-0.25, -0.2) is 9.48 Å². The number of nitrogens with one attached hydrogen (secondary N) is 1. The Labute approximate surface area is 114 Å². The van der Waals surface area contributed by atoms with E-state index in [1.165, 1.54) is 10.9 Å². The summed E-state index contributed by atoms with van der Waals surface area (Å²) < 4.78 is 1.35. The monoisotopic (exact) mass is 275 g/mol. The number of carboxylic acid groups (broad SMARTS) is 1. The standard InChI is InChI=1S/C12H13N5O3/c13-9-3-1-8(2-4-9)11(18)14-5-6-17-7-10(12(19)20)15-16-17/h1-4,7H,5-6,13H2,(H,14,18)(H,19,20). The Bertz CT molecular complexity index is 620. The van der Waals surface area contributed by atoms with Crippen LogP contribution in [0.2, 0.25) is 0 Å². The number of rotatable bonds is 5. The van der Waals surface area contributed by atoms with Gasteiger partial charge in [-0.1, -0.05) is 5.21 Å². The number of benzene rings is 1. The molecule has 2 rings (SSSR count). The number of amides is 1. The number of aromatic carboxylic acids is 1. The largest absolute Gasteiger partial charge is 0.476 e. The molecule has 0 fully saturated rings. The number of carbonyl (C=O) groups excluding carboxylic acids is 1. The summed E-state index contributed by atoms with van der Waals surface area (Å²) in [6.07, 6.45) is 1.30. The van der Waals surface area contributed by atoms with Crippen LogP contribution in [0.4, 0.5) is 5.69 Å². The quantitative estimate of drug-likeness (QED) is 0.659. The molecule has 0 unspecified atom stereocenters. The van der Waals surface area contributed by atoms with Gasteiger partial charge in [-0.05, 0) is 24.3 Å². The van der Waals surface area contributed by atoms with Crippen molar-refractivity contribution in [2.45, 2.75) is 6.54 Å². The van der Waals surface area contributed by atoms with E-state index in [2.05, 4.69) is 15.6 Å². The first kappa shape index (κ1) is 13.5. The van der Waals surface area contributed by atoms with Crippen molar-refractivity contribution in [2.24, 2.45) is 0 Å². The highest BCUT2D eigenvalue weighted by molar-refractivity contribution is 5.94. The van der Waals surface area contributed by atoms with E-state index in [0.29, 0.717) is 24.3 Å². The number of nitrogens with two attached hydrogens (primary N) is 1. The van der Waals surface area contributed by atoms with Gasteiger partial charge in [-0.3, -0.25) is 4.79 Å². The van der Waals surface area contributed by atoms with E-state index in [0.717, 1.165) is 0 Å². The summed E-state index contributed by atoms with van der Waals surface area (Å²) in [7, 11) is 0. The van der Waals surface area contributed by atoms with E-state index < -0.39 is 5.97 Å². The van der Waals surface area contributed by atoms with Crippen LogP contribution in [0.15, 0.2) is 30.5 Å². The fourth-order valence-electron chi connectivity index (χ4n) is 1.53. The molecular weight excluding hydrogens is 262 g/mol. The van der Waals surface area contributed by atoms with Crippen molar-refractivity contribution in [3.8, 4) is 0 Å². The van der Waals surface area contributed by atoms with Gasteiger partial charge in [0, 0.05) is 17.8 Å². The van der Waals surface area contributed by atoms with E-state index in [1.54, 1.807) is 24.3 Å². The van der Waals surface area contributed by atoms with Gasteiger partial charge in [0.2, 0.25) is 0 Å². The molecule has 1 aromatic heterocycles. The summed E-state index contributed by atoms with van der Waals surface area (Å²) in [6.45, 7) is 0.645. The van der Waals surface area contributed by atoms with Crippen molar-refractivity contribution in [1.29, 1.82) is 0 Å². The highest BCUT2D eigenvalue weighted by Gasteiger charge is 2.08. The lowest BCUT2D eigenvalue weighted by atomic mass is 10.2. The molecule has 0 atom stereocenters. The lowest BCUT2D eigenvalue weighted by molar-refractivity contribution is 0.0690. The van der Waals surface area contributed by atoms with E-state index in [4.69, 9.17) is 10.8 Å². The first-order valence-electron chi connectivity index (χ1n) is 5.83. The molecule has 1 heterocycles. The number of hydrogen-bond acceptors (Lipinski definition) is 5. The van der Waals surface area contributed by atoms with Gasteiger partial charge in [0.05, 0.1) is 12.7 Å². The van der Waals surface area contributed by atoms with E-state index in [9.17, 15) is 9.59 Å². The molecular formula is C12H13N5O3. The molecule has 0 aliphatic heterocycles. The van der Waals surface area contributed by atoms with Crippen LogP contribution >= 0.6 is 0 Å². The van der Waals surface area contributed by atoms with Crippen LogP contribution in [0.3, 0.4) is 0 Å². The number of nitrogen functional groups attached to an aromatic ring is 1. The maximum atomic E-state index is 11.8. The van der Waals surface area contributed by atoms with Crippen LogP contribution in [0.1, 0.15) is 20.8 Å². The van der Waals surface area contributed by atoms with Crippen molar-refractivity contribution >= 4 is 17.6 Å². The number of nitrogens with zero attached hydrogens (tertiary/aromatic N) is 3. The second-order valence-electron chi connectivity index (χ2n) is 4.05. The smallest absolute Gasteiger partial charge is 0.358 e. The fourth-order valence-corrected chi connectivity index (χ4v) is 1.53. The lowest BCUT2D eigenvalue weighted by Crippen LogP contribution is -2.27. The normalized spacial score (nSPS) is 10.2. The zero-order valence-corrected chi connectivity index (χ0v) is 10.5. The molecule has 8 nitrogen and oxygen atoms in total. The molecule has 4 N–H and O–H groups in total. The fraction of sp³-hybridized carbons (Fsp3) is 0.167.